The van der Waals surface area contributed by atoms with Crippen molar-refractivity contribution < 1.29 is 0 Å². The third-order valence-electron chi connectivity index (χ3n) is 3.35. The van der Waals surface area contributed by atoms with Crippen molar-refractivity contribution in [3.05, 3.63) is 29.3 Å². The van der Waals surface area contributed by atoms with Gasteiger partial charge in [-0.2, -0.15) is 0 Å². The van der Waals surface area contributed by atoms with Gasteiger partial charge in [-0.15, -0.1) is 0 Å². The summed E-state index contributed by atoms with van der Waals surface area (Å²) in [5.41, 5.74) is 15.3. The fraction of sp³-hybridized carbons (Fsp3) is 0.538. The number of rotatable bonds is 3. The molecule has 1 saturated heterocycles. The molecule has 1 heterocycles. The molecule has 0 aliphatic carbocycles. The fourth-order valence-corrected chi connectivity index (χ4v) is 2.36. The third kappa shape index (κ3) is 2.20. The Morgan fingerprint density at radius 3 is 2.56 bits per heavy atom. The van der Waals surface area contributed by atoms with Crippen LogP contribution in [0.3, 0.4) is 0 Å². The lowest BCUT2D eigenvalue weighted by molar-refractivity contribution is 0.736. The molecule has 3 nitrogen and oxygen atoms in total. The highest BCUT2D eigenvalue weighted by molar-refractivity contribution is 5.55. The minimum Gasteiger partial charge on any atom is -0.371 e. The predicted molar refractivity (Wildman–Crippen MR) is 68.6 cm³/mol. The zero-order valence-corrected chi connectivity index (χ0v) is 9.95. The minimum absolute atomic E-state index is 0.0358. The van der Waals surface area contributed by atoms with E-state index in [4.69, 9.17) is 11.5 Å². The summed E-state index contributed by atoms with van der Waals surface area (Å²) in [6, 6.07) is 6.43. The van der Waals surface area contributed by atoms with Gasteiger partial charge in [0.25, 0.3) is 0 Å². The SMILES string of the molecule is Cc1cc([C@H](N)CN)ccc1N1CCCC1. The largest absolute Gasteiger partial charge is 0.371 e. The van der Waals surface area contributed by atoms with E-state index in [0.717, 1.165) is 5.56 Å². The van der Waals surface area contributed by atoms with E-state index in [-0.39, 0.29) is 6.04 Å². The highest BCUT2D eigenvalue weighted by Crippen LogP contribution is 2.26. The lowest BCUT2D eigenvalue weighted by Gasteiger charge is -2.21. The summed E-state index contributed by atoms with van der Waals surface area (Å²) in [5.74, 6) is 0. The summed E-state index contributed by atoms with van der Waals surface area (Å²) in [6.07, 6.45) is 2.62. The molecule has 3 heteroatoms. The van der Waals surface area contributed by atoms with Crippen molar-refractivity contribution in [1.82, 2.24) is 0 Å². The molecule has 0 spiro atoms. The lowest BCUT2D eigenvalue weighted by Crippen LogP contribution is -2.22. The summed E-state index contributed by atoms with van der Waals surface area (Å²) in [5, 5.41) is 0. The predicted octanol–water partition coefficient (Wildman–Crippen LogP) is 1.55. The zero-order valence-electron chi connectivity index (χ0n) is 9.95. The molecule has 88 valence electrons. The van der Waals surface area contributed by atoms with Gasteiger partial charge in [0.15, 0.2) is 0 Å². The van der Waals surface area contributed by atoms with Crippen LogP contribution in [0.2, 0.25) is 0 Å². The van der Waals surface area contributed by atoms with Gasteiger partial charge in [-0.3, -0.25) is 0 Å². The second-order valence-electron chi connectivity index (χ2n) is 4.58. The molecule has 16 heavy (non-hydrogen) atoms. The first kappa shape index (κ1) is 11.4. The van der Waals surface area contributed by atoms with Gasteiger partial charge in [0.2, 0.25) is 0 Å². The zero-order chi connectivity index (χ0) is 11.5. The molecule has 0 aromatic heterocycles. The molecule has 4 N–H and O–H groups in total. The number of benzene rings is 1. The van der Waals surface area contributed by atoms with Crippen molar-refractivity contribution in [1.29, 1.82) is 0 Å². The monoisotopic (exact) mass is 219 g/mol. The van der Waals surface area contributed by atoms with Gasteiger partial charge in [-0.05, 0) is 37.0 Å². The van der Waals surface area contributed by atoms with Crippen LogP contribution in [-0.2, 0) is 0 Å². The first-order valence-electron chi connectivity index (χ1n) is 6.03. The first-order chi connectivity index (χ1) is 7.72. The fourth-order valence-electron chi connectivity index (χ4n) is 2.36. The van der Waals surface area contributed by atoms with Crippen molar-refractivity contribution in [3.63, 3.8) is 0 Å². The highest BCUT2D eigenvalue weighted by Gasteiger charge is 2.15. The molecule has 1 fully saturated rings. The summed E-state index contributed by atoms with van der Waals surface area (Å²) in [6.45, 7) is 5.02. The van der Waals surface area contributed by atoms with Gasteiger partial charge in [-0.1, -0.05) is 12.1 Å². The lowest BCUT2D eigenvalue weighted by atomic mass is 10.0. The van der Waals surface area contributed by atoms with Crippen LogP contribution in [0, 0.1) is 6.92 Å². The van der Waals surface area contributed by atoms with Crippen LogP contribution in [-0.4, -0.2) is 19.6 Å². The Hall–Kier alpha value is -1.06. The molecule has 0 radical (unpaired) electrons. The Morgan fingerprint density at radius 2 is 2.00 bits per heavy atom. The van der Waals surface area contributed by atoms with Crippen LogP contribution in [0.1, 0.15) is 30.0 Å². The van der Waals surface area contributed by atoms with Gasteiger partial charge in [0.1, 0.15) is 0 Å². The van der Waals surface area contributed by atoms with E-state index in [1.165, 1.54) is 37.2 Å². The van der Waals surface area contributed by atoms with Crippen molar-refractivity contribution in [2.75, 3.05) is 24.5 Å². The van der Waals surface area contributed by atoms with Crippen molar-refractivity contribution in [3.8, 4) is 0 Å². The molecule has 1 aromatic rings. The van der Waals surface area contributed by atoms with Crippen LogP contribution in [0.25, 0.3) is 0 Å². The summed E-state index contributed by atoms with van der Waals surface area (Å²) in [7, 11) is 0. The number of aryl methyl sites for hydroxylation is 1. The Balaban J connectivity index is 2.22. The van der Waals surface area contributed by atoms with Gasteiger partial charge in [0, 0.05) is 31.4 Å². The summed E-state index contributed by atoms with van der Waals surface area (Å²) in [4.78, 5) is 2.45. The quantitative estimate of drug-likeness (QED) is 0.811. The average molecular weight is 219 g/mol. The van der Waals surface area contributed by atoms with E-state index < -0.39 is 0 Å². The number of hydrogen-bond acceptors (Lipinski definition) is 3. The van der Waals surface area contributed by atoms with Crippen molar-refractivity contribution >= 4 is 5.69 Å². The highest BCUT2D eigenvalue weighted by atomic mass is 15.1. The van der Waals surface area contributed by atoms with Crippen LogP contribution < -0.4 is 16.4 Å². The summed E-state index contributed by atoms with van der Waals surface area (Å²) < 4.78 is 0. The molecule has 1 aromatic carbocycles. The number of hydrogen-bond donors (Lipinski definition) is 2. The topological polar surface area (TPSA) is 55.3 Å². The van der Waals surface area contributed by atoms with E-state index in [0.29, 0.717) is 6.54 Å². The second kappa shape index (κ2) is 4.85. The molecule has 0 bridgehead atoms. The standard InChI is InChI=1S/C13H21N3/c1-10-8-11(12(15)9-14)4-5-13(10)16-6-2-3-7-16/h4-5,8,12H,2-3,6-7,9,14-15H2,1H3/t12-/m1/s1. The van der Waals surface area contributed by atoms with Crippen LogP contribution in [0.4, 0.5) is 5.69 Å². The maximum atomic E-state index is 5.93. The van der Waals surface area contributed by atoms with E-state index in [1.807, 2.05) is 0 Å². The maximum absolute atomic E-state index is 5.93. The van der Waals surface area contributed by atoms with E-state index in [1.54, 1.807) is 0 Å². The smallest absolute Gasteiger partial charge is 0.0419 e. The molecule has 1 aliphatic heterocycles. The van der Waals surface area contributed by atoms with Gasteiger partial charge >= 0.3 is 0 Å². The van der Waals surface area contributed by atoms with E-state index in [2.05, 4.69) is 30.0 Å². The van der Waals surface area contributed by atoms with Gasteiger partial charge < -0.3 is 16.4 Å². The Morgan fingerprint density at radius 1 is 1.31 bits per heavy atom. The van der Waals surface area contributed by atoms with Crippen molar-refractivity contribution in [2.45, 2.75) is 25.8 Å². The molecular formula is C13H21N3. The molecule has 0 saturated carbocycles. The molecule has 0 amide bonds. The van der Waals surface area contributed by atoms with E-state index >= 15 is 0 Å². The summed E-state index contributed by atoms with van der Waals surface area (Å²) >= 11 is 0. The van der Waals surface area contributed by atoms with Crippen molar-refractivity contribution in [2.24, 2.45) is 11.5 Å². The van der Waals surface area contributed by atoms with Crippen LogP contribution in [0.15, 0.2) is 18.2 Å². The second-order valence-corrected chi connectivity index (χ2v) is 4.58. The number of nitrogens with two attached hydrogens (primary N) is 2. The molecule has 1 aliphatic rings. The Kier molecular flexibility index (Phi) is 3.46. The van der Waals surface area contributed by atoms with Gasteiger partial charge in [-0.25, -0.2) is 0 Å². The third-order valence-corrected chi connectivity index (χ3v) is 3.35. The Bertz CT molecular complexity index is 356. The number of nitrogens with zero attached hydrogens (tertiary/aromatic N) is 1. The minimum atomic E-state index is -0.0358. The normalized spacial score (nSPS) is 17.8. The molecule has 0 unspecified atom stereocenters. The maximum Gasteiger partial charge on any atom is 0.0419 e. The number of anilines is 1. The molecule has 2 rings (SSSR count). The average Bonchev–Trinajstić information content (AvgIpc) is 2.81. The van der Waals surface area contributed by atoms with Gasteiger partial charge in [0.05, 0.1) is 0 Å². The molecule has 1 atom stereocenters. The van der Waals surface area contributed by atoms with Crippen LogP contribution in [0.5, 0.6) is 0 Å². The molecular weight excluding hydrogens is 198 g/mol. The Labute approximate surface area is 97.4 Å². The first-order valence-corrected chi connectivity index (χ1v) is 6.03. The van der Waals surface area contributed by atoms with Crippen LogP contribution >= 0.6 is 0 Å². The van der Waals surface area contributed by atoms with E-state index in [9.17, 15) is 0 Å².